The number of methoxy groups -OCH3 is 2. The third kappa shape index (κ3) is 6.86. The van der Waals surface area contributed by atoms with E-state index in [1.807, 2.05) is 31.2 Å². The van der Waals surface area contributed by atoms with Gasteiger partial charge in [0.05, 0.1) is 26.2 Å². The van der Waals surface area contributed by atoms with Crippen molar-refractivity contribution >= 4 is 27.5 Å². The Balaban J connectivity index is 2.47. The molecule has 2 aromatic rings. The van der Waals surface area contributed by atoms with Crippen molar-refractivity contribution in [3.05, 3.63) is 53.6 Å². The number of amides is 2. The maximum Gasteiger partial charge on any atom is 0.244 e. The van der Waals surface area contributed by atoms with Crippen molar-refractivity contribution in [2.75, 3.05) is 37.9 Å². The number of aryl methyl sites for hydroxylation is 1. The first kappa shape index (κ1) is 27.0. The van der Waals surface area contributed by atoms with Gasteiger partial charge in [0.15, 0.2) is 0 Å². The van der Waals surface area contributed by atoms with Crippen molar-refractivity contribution in [3.63, 3.8) is 0 Å². The Labute approximate surface area is 201 Å². The quantitative estimate of drug-likeness (QED) is 0.517. The van der Waals surface area contributed by atoms with Crippen LogP contribution in [0.3, 0.4) is 0 Å². The molecule has 186 valence electrons. The van der Waals surface area contributed by atoms with Crippen LogP contribution in [0.1, 0.15) is 25.0 Å². The maximum atomic E-state index is 13.5. The molecule has 34 heavy (non-hydrogen) atoms. The summed E-state index contributed by atoms with van der Waals surface area (Å²) in [6.07, 6.45) is 1.01. The topological polar surface area (TPSA) is 105 Å². The number of likely N-dealkylation sites (N-methyl/N-ethyl adjacent to an activating group) is 1. The van der Waals surface area contributed by atoms with Crippen molar-refractivity contribution < 1.29 is 27.5 Å². The van der Waals surface area contributed by atoms with E-state index in [-0.39, 0.29) is 23.9 Å². The number of benzene rings is 2. The molecule has 2 rings (SSSR count). The lowest BCUT2D eigenvalue weighted by molar-refractivity contribution is -0.139. The van der Waals surface area contributed by atoms with E-state index in [9.17, 15) is 18.0 Å². The molecule has 0 aromatic heterocycles. The van der Waals surface area contributed by atoms with Gasteiger partial charge in [0.1, 0.15) is 24.1 Å². The lowest BCUT2D eigenvalue weighted by atomic mass is 10.1. The van der Waals surface area contributed by atoms with Crippen LogP contribution in [-0.2, 0) is 26.2 Å². The first-order valence-electron chi connectivity index (χ1n) is 10.8. The highest BCUT2D eigenvalue weighted by Gasteiger charge is 2.31. The minimum Gasteiger partial charge on any atom is -0.497 e. The summed E-state index contributed by atoms with van der Waals surface area (Å²) in [6.45, 7) is 5.40. The molecule has 0 aliphatic rings. The normalized spacial score (nSPS) is 11.9. The fourth-order valence-corrected chi connectivity index (χ4v) is 4.23. The summed E-state index contributed by atoms with van der Waals surface area (Å²) in [7, 11) is -1.02. The van der Waals surface area contributed by atoms with E-state index in [0.717, 1.165) is 21.7 Å². The number of sulfonamides is 1. The third-order valence-corrected chi connectivity index (χ3v) is 6.45. The lowest BCUT2D eigenvalue weighted by Crippen LogP contribution is -2.51. The molecule has 2 amide bonds. The van der Waals surface area contributed by atoms with E-state index in [4.69, 9.17) is 9.47 Å². The summed E-state index contributed by atoms with van der Waals surface area (Å²) in [4.78, 5) is 27.5. The van der Waals surface area contributed by atoms with Gasteiger partial charge in [-0.25, -0.2) is 8.42 Å². The highest BCUT2D eigenvalue weighted by Crippen LogP contribution is 2.34. The Morgan fingerprint density at radius 2 is 1.71 bits per heavy atom. The van der Waals surface area contributed by atoms with Gasteiger partial charge in [-0.15, -0.1) is 0 Å². The van der Waals surface area contributed by atoms with Crippen LogP contribution in [0, 0.1) is 6.92 Å². The molecule has 0 heterocycles. The lowest BCUT2D eigenvalue weighted by Gasteiger charge is -2.31. The second-order valence-corrected chi connectivity index (χ2v) is 9.79. The Hall–Kier alpha value is -3.27. The molecule has 0 aliphatic carbocycles. The zero-order chi connectivity index (χ0) is 25.5. The van der Waals surface area contributed by atoms with Crippen molar-refractivity contribution in [3.8, 4) is 11.5 Å². The van der Waals surface area contributed by atoms with E-state index in [1.165, 1.54) is 25.2 Å². The fraction of sp³-hybridized carbons (Fsp3) is 0.417. The average Bonchev–Trinajstić information content (AvgIpc) is 2.80. The molecule has 2 aromatic carbocycles. The van der Waals surface area contributed by atoms with Gasteiger partial charge < -0.3 is 19.7 Å². The van der Waals surface area contributed by atoms with Crippen molar-refractivity contribution in [2.45, 2.75) is 33.4 Å². The number of rotatable bonds is 11. The third-order valence-electron chi connectivity index (χ3n) is 5.33. The van der Waals surface area contributed by atoms with Gasteiger partial charge in [0.2, 0.25) is 21.8 Å². The Kier molecular flexibility index (Phi) is 9.31. The standard InChI is InChI=1S/C24H33N3O6S/c1-7-25-24(29)18(3)26(15-19-10-8-17(2)9-11-19)23(28)16-27(34(6,30)31)21-14-20(32-4)12-13-22(21)33-5/h8-14,18H,7,15-16H2,1-6H3,(H,25,29). The number of carbonyl (C=O) groups excluding carboxylic acids is 2. The minimum absolute atomic E-state index is 0.143. The number of nitrogens with zero attached hydrogens (tertiary/aromatic N) is 2. The van der Waals surface area contributed by atoms with Crippen molar-refractivity contribution in [1.29, 1.82) is 0 Å². The number of carbonyl (C=O) groups is 2. The summed E-state index contributed by atoms with van der Waals surface area (Å²) in [6, 6.07) is 11.5. The predicted molar refractivity (Wildman–Crippen MR) is 132 cm³/mol. The Bertz CT molecular complexity index is 1100. The van der Waals surface area contributed by atoms with Crippen LogP contribution in [-0.4, -0.2) is 64.7 Å². The van der Waals surface area contributed by atoms with Gasteiger partial charge in [0.25, 0.3) is 0 Å². The predicted octanol–water partition coefficient (Wildman–Crippen LogP) is 2.33. The van der Waals surface area contributed by atoms with Crippen LogP contribution in [0.25, 0.3) is 0 Å². The summed E-state index contributed by atoms with van der Waals surface area (Å²) in [5, 5.41) is 2.72. The van der Waals surface area contributed by atoms with E-state index in [2.05, 4.69) is 5.32 Å². The first-order chi connectivity index (χ1) is 16.0. The van der Waals surface area contributed by atoms with Crippen molar-refractivity contribution in [2.24, 2.45) is 0 Å². The molecular formula is C24H33N3O6S. The van der Waals surface area contributed by atoms with Gasteiger partial charge in [-0.3, -0.25) is 13.9 Å². The largest absolute Gasteiger partial charge is 0.497 e. The molecule has 0 fully saturated rings. The van der Waals surface area contributed by atoms with Gasteiger partial charge in [-0.2, -0.15) is 0 Å². The Morgan fingerprint density at radius 1 is 1.06 bits per heavy atom. The van der Waals surface area contributed by atoms with E-state index < -0.39 is 28.5 Å². The zero-order valence-corrected chi connectivity index (χ0v) is 21.3. The van der Waals surface area contributed by atoms with Crippen LogP contribution in [0.15, 0.2) is 42.5 Å². The van der Waals surface area contributed by atoms with Crippen LogP contribution >= 0.6 is 0 Å². The summed E-state index contributed by atoms with van der Waals surface area (Å²) < 4.78 is 37.0. The SMILES string of the molecule is CCNC(=O)C(C)N(Cc1ccc(C)cc1)C(=O)CN(c1cc(OC)ccc1OC)S(C)(=O)=O. The van der Waals surface area contributed by atoms with Crippen LogP contribution in [0.2, 0.25) is 0 Å². The second-order valence-electron chi connectivity index (χ2n) is 7.89. The smallest absolute Gasteiger partial charge is 0.244 e. The summed E-state index contributed by atoms with van der Waals surface area (Å²) >= 11 is 0. The van der Waals surface area contributed by atoms with Crippen LogP contribution in [0.4, 0.5) is 5.69 Å². The number of hydrogen-bond donors (Lipinski definition) is 1. The highest BCUT2D eigenvalue weighted by molar-refractivity contribution is 7.92. The molecule has 0 radical (unpaired) electrons. The molecule has 0 bridgehead atoms. The second kappa shape index (κ2) is 11.7. The van der Waals surface area contributed by atoms with Gasteiger partial charge in [-0.05, 0) is 38.5 Å². The summed E-state index contributed by atoms with van der Waals surface area (Å²) in [5.41, 5.74) is 2.05. The number of hydrogen-bond acceptors (Lipinski definition) is 6. The molecule has 0 saturated carbocycles. The van der Waals surface area contributed by atoms with Gasteiger partial charge in [-0.1, -0.05) is 29.8 Å². The molecule has 0 spiro atoms. The zero-order valence-electron chi connectivity index (χ0n) is 20.5. The highest BCUT2D eigenvalue weighted by atomic mass is 32.2. The maximum absolute atomic E-state index is 13.5. The first-order valence-corrected chi connectivity index (χ1v) is 12.7. The molecule has 9 nitrogen and oxygen atoms in total. The molecule has 1 N–H and O–H groups in total. The van der Waals surface area contributed by atoms with Crippen molar-refractivity contribution in [1.82, 2.24) is 10.2 Å². The Morgan fingerprint density at radius 3 is 2.24 bits per heavy atom. The molecule has 1 atom stereocenters. The average molecular weight is 492 g/mol. The van der Waals surface area contributed by atoms with E-state index in [0.29, 0.717) is 12.3 Å². The number of anilines is 1. The molecular weight excluding hydrogens is 458 g/mol. The molecule has 0 aliphatic heterocycles. The van der Waals surface area contributed by atoms with E-state index >= 15 is 0 Å². The monoisotopic (exact) mass is 491 g/mol. The van der Waals surface area contributed by atoms with Gasteiger partial charge in [0, 0.05) is 19.2 Å². The van der Waals surface area contributed by atoms with Crippen LogP contribution < -0.4 is 19.1 Å². The minimum atomic E-state index is -3.89. The molecule has 10 heteroatoms. The van der Waals surface area contributed by atoms with E-state index in [1.54, 1.807) is 26.0 Å². The molecule has 1 unspecified atom stereocenters. The fourth-order valence-electron chi connectivity index (χ4n) is 3.38. The number of ether oxygens (including phenoxy) is 2. The number of nitrogens with one attached hydrogen (secondary N) is 1. The molecule has 0 saturated heterocycles. The summed E-state index contributed by atoms with van der Waals surface area (Å²) in [5.74, 6) is -0.188. The van der Waals surface area contributed by atoms with Crippen LogP contribution in [0.5, 0.6) is 11.5 Å². The van der Waals surface area contributed by atoms with Gasteiger partial charge >= 0.3 is 0 Å².